The van der Waals surface area contributed by atoms with Crippen LogP contribution in [-0.4, -0.2) is 33.7 Å². The molecule has 8 heteroatoms. The summed E-state index contributed by atoms with van der Waals surface area (Å²) in [5.74, 6) is -3.88. The predicted octanol–water partition coefficient (Wildman–Crippen LogP) is 0.841. The number of anilines is 1. The molecule has 2 N–H and O–H groups in total. The normalized spacial score (nSPS) is 11.6. The second kappa shape index (κ2) is 5.87. The van der Waals surface area contributed by atoms with E-state index >= 15 is 0 Å². The lowest BCUT2D eigenvalue weighted by atomic mass is 10.3. The summed E-state index contributed by atoms with van der Waals surface area (Å²) < 4.78 is 47.1. The Labute approximate surface area is 103 Å². The van der Waals surface area contributed by atoms with E-state index in [1.165, 1.54) is 12.1 Å². The van der Waals surface area contributed by atoms with E-state index in [2.05, 4.69) is 10.6 Å². The minimum absolute atomic E-state index is 0.0336. The molecule has 0 spiro atoms. The Morgan fingerprint density at radius 3 is 2.61 bits per heavy atom. The zero-order valence-electron chi connectivity index (χ0n) is 9.48. The molecule has 0 fully saturated rings. The number of benzene rings is 1. The van der Waals surface area contributed by atoms with Gasteiger partial charge < -0.3 is 10.6 Å². The fourth-order valence-corrected chi connectivity index (χ4v) is 1.98. The Morgan fingerprint density at radius 1 is 1.39 bits per heavy atom. The fourth-order valence-electron chi connectivity index (χ4n) is 1.22. The molecule has 18 heavy (non-hydrogen) atoms. The summed E-state index contributed by atoms with van der Waals surface area (Å²) in [6.07, 6.45) is 0. The van der Waals surface area contributed by atoms with Gasteiger partial charge in [0.05, 0.1) is 11.4 Å². The van der Waals surface area contributed by atoms with Crippen molar-refractivity contribution in [1.82, 2.24) is 5.32 Å². The van der Waals surface area contributed by atoms with Gasteiger partial charge in [-0.2, -0.15) is 8.78 Å². The zero-order chi connectivity index (χ0) is 13.8. The van der Waals surface area contributed by atoms with Crippen LogP contribution in [0.1, 0.15) is 0 Å². The molecule has 0 unspecified atom stereocenters. The van der Waals surface area contributed by atoms with Gasteiger partial charge in [-0.1, -0.05) is 6.07 Å². The molecule has 1 aromatic carbocycles. The van der Waals surface area contributed by atoms with Crippen LogP contribution in [0.15, 0.2) is 29.2 Å². The number of halogens is 2. The number of hydrogen-bond donors (Lipinski definition) is 2. The number of rotatable bonds is 5. The van der Waals surface area contributed by atoms with Gasteiger partial charge in [-0.05, 0) is 25.2 Å². The fraction of sp³-hybridized carbons (Fsp3) is 0.300. The third kappa shape index (κ3) is 3.47. The average molecular weight is 278 g/mol. The SMILES string of the molecule is CNCC(=O)Nc1cccc(S(=O)(=O)C(F)F)c1. The maximum absolute atomic E-state index is 12.3. The first-order chi connectivity index (χ1) is 8.37. The second-order valence-corrected chi connectivity index (χ2v) is 5.33. The van der Waals surface area contributed by atoms with Crippen molar-refractivity contribution in [3.63, 3.8) is 0 Å². The lowest BCUT2D eigenvalue weighted by Crippen LogP contribution is -2.25. The first-order valence-electron chi connectivity index (χ1n) is 4.94. The summed E-state index contributed by atoms with van der Waals surface area (Å²) in [6, 6.07) is 4.74. The Hall–Kier alpha value is -1.54. The van der Waals surface area contributed by atoms with Crippen molar-refractivity contribution in [2.24, 2.45) is 0 Å². The highest BCUT2D eigenvalue weighted by Crippen LogP contribution is 2.21. The average Bonchev–Trinajstić information content (AvgIpc) is 2.29. The topological polar surface area (TPSA) is 75.3 Å². The quantitative estimate of drug-likeness (QED) is 0.837. The number of nitrogens with one attached hydrogen (secondary N) is 2. The van der Waals surface area contributed by atoms with Crippen molar-refractivity contribution in [1.29, 1.82) is 0 Å². The Kier molecular flexibility index (Phi) is 4.74. The predicted molar refractivity (Wildman–Crippen MR) is 62.2 cm³/mol. The van der Waals surface area contributed by atoms with Crippen LogP contribution in [0.25, 0.3) is 0 Å². The van der Waals surface area contributed by atoms with E-state index in [0.717, 1.165) is 12.1 Å². The highest BCUT2D eigenvalue weighted by Gasteiger charge is 2.26. The molecular weight excluding hydrogens is 266 g/mol. The molecule has 0 radical (unpaired) electrons. The largest absolute Gasteiger partial charge is 0.341 e. The van der Waals surface area contributed by atoms with Gasteiger partial charge in [0, 0.05) is 5.69 Å². The van der Waals surface area contributed by atoms with Crippen LogP contribution in [0, 0.1) is 0 Å². The summed E-state index contributed by atoms with van der Waals surface area (Å²) in [6.45, 7) is 0.0336. The molecule has 0 saturated carbocycles. The van der Waals surface area contributed by atoms with Crippen LogP contribution in [-0.2, 0) is 14.6 Å². The van der Waals surface area contributed by atoms with Gasteiger partial charge in [-0.15, -0.1) is 0 Å². The number of alkyl halides is 2. The van der Waals surface area contributed by atoms with E-state index in [4.69, 9.17) is 0 Å². The first-order valence-corrected chi connectivity index (χ1v) is 6.49. The van der Waals surface area contributed by atoms with E-state index in [1.807, 2.05) is 0 Å². The van der Waals surface area contributed by atoms with Crippen molar-refractivity contribution in [3.8, 4) is 0 Å². The van der Waals surface area contributed by atoms with Crippen molar-refractivity contribution >= 4 is 21.4 Å². The molecule has 0 aliphatic rings. The third-order valence-corrected chi connectivity index (χ3v) is 3.40. The Bertz CT molecular complexity index is 532. The van der Waals surface area contributed by atoms with E-state index < -0.39 is 26.4 Å². The molecule has 0 aliphatic heterocycles. The first kappa shape index (κ1) is 14.5. The van der Waals surface area contributed by atoms with E-state index in [9.17, 15) is 22.0 Å². The molecule has 0 aliphatic carbocycles. The number of amides is 1. The lowest BCUT2D eigenvalue weighted by Gasteiger charge is -2.07. The molecule has 5 nitrogen and oxygen atoms in total. The monoisotopic (exact) mass is 278 g/mol. The summed E-state index contributed by atoms with van der Waals surface area (Å²) >= 11 is 0. The number of carbonyl (C=O) groups excluding carboxylic acids is 1. The maximum atomic E-state index is 12.3. The van der Waals surface area contributed by atoms with Gasteiger partial charge in [-0.3, -0.25) is 4.79 Å². The molecule has 1 amide bonds. The molecule has 0 aromatic heterocycles. The van der Waals surface area contributed by atoms with Crippen molar-refractivity contribution in [3.05, 3.63) is 24.3 Å². The maximum Gasteiger partial charge on any atom is 0.341 e. The highest BCUT2D eigenvalue weighted by atomic mass is 32.2. The van der Waals surface area contributed by atoms with Crippen LogP contribution < -0.4 is 10.6 Å². The van der Waals surface area contributed by atoms with Crippen LogP contribution in [0.2, 0.25) is 0 Å². The molecule has 0 bridgehead atoms. The summed E-state index contributed by atoms with van der Waals surface area (Å²) in [4.78, 5) is 10.7. The van der Waals surface area contributed by atoms with Crippen molar-refractivity contribution in [2.45, 2.75) is 10.7 Å². The van der Waals surface area contributed by atoms with Gasteiger partial charge in [-0.25, -0.2) is 8.42 Å². The number of carbonyl (C=O) groups is 1. The molecule has 0 atom stereocenters. The van der Waals surface area contributed by atoms with E-state index in [-0.39, 0.29) is 12.2 Å². The third-order valence-electron chi connectivity index (χ3n) is 2.02. The van der Waals surface area contributed by atoms with Crippen LogP contribution in [0.4, 0.5) is 14.5 Å². The minimum atomic E-state index is -4.65. The van der Waals surface area contributed by atoms with Crippen LogP contribution >= 0.6 is 0 Å². The molecule has 1 rings (SSSR count). The van der Waals surface area contributed by atoms with Gasteiger partial charge in [0.15, 0.2) is 0 Å². The molecule has 0 saturated heterocycles. The highest BCUT2D eigenvalue weighted by molar-refractivity contribution is 7.91. The summed E-state index contributed by atoms with van der Waals surface area (Å²) in [5.41, 5.74) is 0.150. The Morgan fingerprint density at radius 2 is 2.06 bits per heavy atom. The Balaban J connectivity index is 2.97. The molecule has 100 valence electrons. The molecule has 1 aromatic rings. The lowest BCUT2D eigenvalue weighted by molar-refractivity contribution is -0.115. The van der Waals surface area contributed by atoms with Crippen LogP contribution in [0.5, 0.6) is 0 Å². The van der Waals surface area contributed by atoms with Gasteiger partial charge >= 0.3 is 5.76 Å². The standard InChI is InChI=1S/C10H12F2N2O3S/c1-13-6-9(15)14-7-3-2-4-8(5-7)18(16,17)10(11)12/h2-5,10,13H,6H2,1H3,(H,14,15). The molecule has 0 heterocycles. The van der Waals surface area contributed by atoms with Crippen molar-refractivity contribution in [2.75, 3.05) is 18.9 Å². The number of likely N-dealkylation sites (N-methyl/N-ethyl adjacent to an activating group) is 1. The second-order valence-electron chi connectivity index (χ2n) is 3.41. The van der Waals surface area contributed by atoms with Crippen molar-refractivity contribution < 1.29 is 22.0 Å². The summed E-state index contributed by atoms with van der Waals surface area (Å²) in [5, 5.41) is 4.98. The van der Waals surface area contributed by atoms with E-state index in [0.29, 0.717) is 0 Å². The zero-order valence-corrected chi connectivity index (χ0v) is 10.3. The van der Waals surface area contributed by atoms with Gasteiger partial charge in [0.1, 0.15) is 0 Å². The molecular formula is C10H12F2N2O3S. The van der Waals surface area contributed by atoms with E-state index in [1.54, 1.807) is 7.05 Å². The smallest absolute Gasteiger partial charge is 0.325 e. The number of hydrogen-bond acceptors (Lipinski definition) is 4. The van der Waals surface area contributed by atoms with Crippen LogP contribution in [0.3, 0.4) is 0 Å². The summed E-state index contributed by atoms with van der Waals surface area (Å²) in [7, 11) is -3.08. The van der Waals surface area contributed by atoms with Gasteiger partial charge in [0.2, 0.25) is 15.7 Å². The minimum Gasteiger partial charge on any atom is -0.325 e. The number of sulfone groups is 1. The van der Waals surface area contributed by atoms with Gasteiger partial charge in [0.25, 0.3) is 0 Å².